The van der Waals surface area contributed by atoms with Gasteiger partial charge in [0, 0.05) is 21.8 Å². The minimum atomic E-state index is 0.707. The molecule has 11 aromatic rings. The highest BCUT2D eigenvalue weighted by Crippen LogP contribution is 2.45. The zero-order valence-corrected chi connectivity index (χ0v) is 26.4. The van der Waals surface area contributed by atoms with Crippen LogP contribution in [0.2, 0.25) is 0 Å². The van der Waals surface area contributed by atoms with Crippen LogP contribution in [0.15, 0.2) is 158 Å². The number of hydrogen-bond acceptors (Lipinski definition) is 1. The number of nitriles is 1. The molecule has 0 unspecified atom stereocenters. The fraction of sp³-hybridized carbons (Fsp3) is 0. The first-order chi connectivity index (χ1) is 24.2. The lowest BCUT2D eigenvalue weighted by Gasteiger charge is -2.16. The van der Waals surface area contributed by atoms with Gasteiger partial charge in [0.25, 0.3) is 0 Å². The largest absolute Gasteiger partial charge is 0.309 e. The van der Waals surface area contributed by atoms with Crippen LogP contribution in [0.3, 0.4) is 0 Å². The van der Waals surface area contributed by atoms with E-state index in [4.69, 9.17) is 0 Å². The van der Waals surface area contributed by atoms with Crippen LogP contribution < -0.4 is 0 Å². The number of fused-ring (bicyclic) bond motifs is 1. The van der Waals surface area contributed by atoms with Crippen LogP contribution in [0.25, 0.3) is 104 Å². The molecule has 0 amide bonds. The summed E-state index contributed by atoms with van der Waals surface area (Å²) < 4.78 is 2.34. The van der Waals surface area contributed by atoms with E-state index in [1.807, 2.05) is 6.07 Å². The maximum atomic E-state index is 10.0. The fourth-order valence-electron chi connectivity index (χ4n) is 8.59. The van der Waals surface area contributed by atoms with E-state index in [-0.39, 0.29) is 0 Å². The third-order valence-electron chi connectivity index (χ3n) is 10.7. The van der Waals surface area contributed by atoms with E-state index in [9.17, 15) is 5.26 Å². The van der Waals surface area contributed by atoms with E-state index in [1.165, 1.54) is 76.1 Å². The van der Waals surface area contributed by atoms with E-state index in [0.29, 0.717) is 5.56 Å². The highest BCUT2D eigenvalue weighted by molar-refractivity contribution is 6.29. The maximum Gasteiger partial charge on any atom is 0.0998 e. The molecule has 0 N–H and O–H groups in total. The van der Waals surface area contributed by atoms with Gasteiger partial charge in [-0.05, 0) is 125 Å². The fourth-order valence-corrected chi connectivity index (χ4v) is 8.59. The molecule has 0 saturated carbocycles. The van der Waals surface area contributed by atoms with Crippen molar-refractivity contribution in [1.29, 1.82) is 5.26 Å². The van der Waals surface area contributed by atoms with E-state index in [1.54, 1.807) is 0 Å². The highest BCUT2D eigenvalue weighted by Gasteiger charge is 2.21. The molecule has 0 radical (unpaired) electrons. The molecule has 0 aliphatic heterocycles. The summed E-state index contributed by atoms with van der Waals surface area (Å²) in [7, 11) is 0. The topological polar surface area (TPSA) is 28.7 Å². The summed E-state index contributed by atoms with van der Waals surface area (Å²) in [5.41, 5.74) is 9.01. The number of para-hydroxylation sites is 1. The SMILES string of the molecule is N#Cc1ccc2c3c1ccc1c(-c4cc5ccc6cc(-c7cccc8ccccc78)cc7ccc(c4)c5c67)ccc(c13)n2-c1ccccc1. The van der Waals surface area contributed by atoms with Gasteiger partial charge >= 0.3 is 0 Å². The number of aromatic nitrogens is 1. The van der Waals surface area contributed by atoms with E-state index < -0.39 is 0 Å². The zero-order chi connectivity index (χ0) is 32.2. The predicted octanol–water partition coefficient (Wildman–Crippen LogP) is 12.6. The first-order valence-electron chi connectivity index (χ1n) is 16.7. The van der Waals surface area contributed by atoms with Crippen molar-refractivity contribution in [3.8, 4) is 34.0 Å². The molecular formula is C47H26N2. The number of rotatable bonds is 3. The van der Waals surface area contributed by atoms with Gasteiger partial charge in [-0.15, -0.1) is 0 Å². The standard InChI is InChI=1S/C47H26N2/c48-27-33-17-21-42-46-40(33)18-19-41-39(20-22-43(47(41)46)49(42)36-9-2-1-3-10-36)35-25-31-15-13-29-23-34(24-30-14-16-32(26-35)45(31)44(29)30)38-12-6-8-28-7-4-5-11-37(28)38/h1-26H. The van der Waals surface area contributed by atoms with Gasteiger partial charge in [-0.3, -0.25) is 0 Å². The molecule has 0 atom stereocenters. The van der Waals surface area contributed by atoms with Gasteiger partial charge < -0.3 is 4.57 Å². The van der Waals surface area contributed by atoms with Crippen LogP contribution >= 0.6 is 0 Å². The molecule has 0 saturated heterocycles. The molecule has 0 aliphatic carbocycles. The molecule has 2 heteroatoms. The van der Waals surface area contributed by atoms with Crippen molar-refractivity contribution in [3.05, 3.63) is 163 Å². The van der Waals surface area contributed by atoms with Crippen LogP contribution in [0.1, 0.15) is 5.56 Å². The normalized spacial score (nSPS) is 12.1. The lowest BCUT2D eigenvalue weighted by Crippen LogP contribution is -1.93. The molecule has 10 aromatic carbocycles. The van der Waals surface area contributed by atoms with Crippen LogP contribution in [-0.4, -0.2) is 4.57 Å². The molecule has 49 heavy (non-hydrogen) atoms. The summed E-state index contributed by atoms with van der Waals surface area (Å²) in [6, 6.07) is 59.7. The number of benzene rings is 10. The molecule has 1 aromatic heterocycles. The summed E-state index contributed by atoms with van der Waals surface area (Å²) in [4.78, 5) is 0. The Bertz CT molecular complexity index is 3090. The molecule has 224 valence electrons. The summed E-state index contributed by atoms with van der Waals surface area (Å²) >= 11 is 0. The second-order valence-electron chi connectivity index (χ2n) is 13.2. The van der Waals surface area contributed by atoms with E-state index >= 15 is 0 Å². The number of hydrogen-bond donors (Lipinski definition) is 0. The van der Waals surface area contributed by atoms with Gasteiger partial charge in [0.1, 0.15) is 0 Å². The summed E-state index contributed by atoms with van der Waals surface area (Å²) in [5.74, 6) is 0. The van der Waals surface area contributed by atoms with Crippen molar-refractivity contribution in [3.63, 3.8) is 0 Å². The Balaban J connectivity index is 1.14. The third kappa shape index (κ3) is 3.59. The minimum absolute atomic E-state index is 0.707. The van der Waals surface area contributed by atoms with E-state index in [0.717, 1.165) is 27.5 Å². The molecular weight excluding hydrogens is 593 g/mol. The molecule has 0 bridgehead atoms. The lowest BCUT2D eigenvalue weighted by molar-refractivity contribution is 1.18. The van der Waals surface area contributed by atoms with Gasteiger partial charge in [0.15, 0.2) is 0 Å². The Morgan fingerprint density at radius 3 is 1.61 bits per heavy atom. The summed E-state index contributed by atoms with van der Waals surface area (Å²) in [6.45, 7) is 0. The molecule has 11 rings (SSSR count). The van der Waals surface area contributed by atoms with Crippen molar-refractivity contribution >= 4 is 75.7 Å². The first kappa shape index (κ1) is 26.4. The molecule has 1 heterocycles. The average Bonchev–Trinajstić information content (AvgIpc) is 3.51. The molecule has 2 nitrogen and oxygen atoms in total. The lowest BCUT2D eigenvalue weighted by atomic mass is 9.87. The number of nitrogens with zero attached hydrogens (tertiary/aromatic N) is 2. The van der Waals surface area contributed by atoms with Gasteiger partial charge in [0.2, 0.25) is 0 Å². The predicted molar refractivity (Wildman–Crippen MR) is 206 cm³/mol. The Hall–Kier alpha value is -6.69. The van der Waals surface area contributed by atoms with Crippen molar-refractivity contribution in [2.75, 3.05) is 0 Å². The summed E-state index contributed by atoms with van der Waals surface area (Å²) in [6.07, 6.45) is 0. The van der Waals surface area contributed by atoms with E-state index in [2.05, 4.69) is 162 Å². The highest BCUT2D eigenvalue weighted by atomic mass is 15.0. The molecule has 0 fully saturated rings. The van der Waals surface area contributed by atoms with Gasteiger partial charge in [0.05, 0.1) is 22.7 Å². The van der Waals surface area contributed by atoms with Crippen LogP contribution in [0.4, 0.5) is 0 Å². The van der Waals surface area contributed by atoms with Gasteiger partial charge in [-0.25, -0.2) is 0 Å². The zero-order valence-electron chi connectivity index (χ0n) is 26.4. The second-order valence-corrected chi connectivity index (χ2v) is 13.2. The van der Waals surface area contributed by atoms with Gasteiger partial charge in [-0.1, -0.05) is 103 Å². The monoisotopic (exact) mass is 618 g/mol. The van der Waals surface area contributed by atoms with Crippen molar-refractivity contribution in [2.24, 2.45) is 0 Å². The first-order valence-corrected chi connectivity index (χ1v) is 16.7. The smallest absolute Gasteiger partial charge is 0.0998 e. The van der Waals surface area contributed by atoms with Crippen molar-refractivity contribution in [1.82, 2.24) is 4.57 Å². The van der Waals surface area contributed by atoms with Crippen LogP contribution in [0, 0.1) is 11.3 Å². The minimum Gasteiger partial charge on any atom is -0.309 e. The molecule has 0 aliphatic rings. The second kappa shape index (κ2) is 9.67. The molecule has 0 spiro atoms. The van der Waals surface area contributed by atoms with Gasteiger partial charge in [-0.2, -0.15) is 5.26 Å². The Labute approximate surface area is 282 Å². The Morgan fingerprint density at radius 1 is 0.388 bits per heavy atom. The Morgan fingerprint density at radius 2 is 0.939 bits per heavy atom. The maximum absolute atomic E-state index is 10.0. The summed E-state index contributed by atoms with van der Waals surface area (Å²) in [5, 5.41) is 24.8. The Kier molecular flexibility index (Phi) is 5.21. The quantitative estimate of drug-likeness (QED) is 0.181. The average molecular weight is 619 g/mol. The van der Waals surface area contributed by atoms with Crippen LogP contribution in [0.5, 0.6) is 0 Å². The van der Waals surface area contributed by atoms with Crippen molar-refractivity contribution in [2.45, 2.75) is 0 Å². The van der Waals surface area contributed by atoms with Crippen molar-refractivity contribution < 1.29 is 0 Å². The third-order valence-corrected chi connectivity index (χ3v) is 10.7. The van der Waals surface area contributed by atoms with Crippen LogP contribution in [-0.2, 0) is 0 Å².